The molecule has 1 saturated carbocycles. The Morgan fingerprint density at radius 2 is 1.92 bits per heavy atom. The summed E-state index contributed by atoms with van der Waals surface area (Å²) in [5, 5.41) is 0. The Morgan fingerprint density at radius 1 is 1.16 bits per heavy atom. The van der Waals surface area contributed by atoms with E-state index in [0.717, 1.165) is 19.4 Å². The fraction of sp³-hybridized carbons (Fsp3) is 0.600. The largest absolute Gasteiger partial charge is 0.479 e. The summed E-state index contributed by atoms with van der Waals surface area (Å²) in [6, 6.07) is 7.85. The van der Waals surface area contributed by atoms with Gasteiger partial charge in [0.15, 0.2) is 6.10 Å². The molecule has 0 bridgehead atoms. The summed E-state index contributed by atoms with van der Waals surface area (Å²) >= 11 is 0. The number of anilines is 1. The summed E-state index contributed by atoms with van der Waals surface area (Å²) in [6.45, 7) is 2.69. The summed E-state index contributed by atoms with van der Waals surface area (Å²) in [6.07, 6.45) is 6.62. The zero-order chi connectivity index (χ0) is 17.4. The van der Waals surface area contributed by atoms with Crippen LogP contribution >= 0.6 is 0 Å². The van der Waals surface area contributed by atoms with E-state index in [2.05, 4.69) is 4.90 Å². The van der Waals surface area contributed by atoms with E-state index in [1.807, 2.05) is 24.3 Å². The second kappa shape index (κ2) is 6.70. The molecule has 3 aliphatic rings. The van der Waals surface area contributed by atoms with Crippen molar-refractivity contribution < 1.29 is 14.3 Å². The van der Waals surface area contributed by atoms with Crippen LogP contribution in [0.25, 0.3) is 0 Å². The predicted molar refractivity (Wildman–Crippen MR) is 95.6 cm³/mol. The number of piperidine rings is 1. The second-order valence-electron chi connectivity index (χ2n) is 7.49. The van der Waals surface area contributed by atoms with E-state index in [0.29, 0.717) is 23.4 Å². The molecule has 134 valence electrons. The summed E-state index contributed by atoms with van der Waals surface area (Å²) < 4.78 is 5.67. The lowest BCUT2D eigenvalue weighted by molar-refractivity contribution is -0.138. The van der Waals surface area contributed by atoms with Crippen LogP contribution in [0.4, 0.5) is 5.69 Å². The molecule has 0 radical (unpaired) electrons. The molecule has 0 N–H and O–H groups in total. The first-order valence-electron chi connectivity index (χ1n) is 9.51. The molecule has 5 nitrogen and oxygen atoms in total. The summed E-state index contributed by atoms with van der Waals surface area (Å²) in [5.74, 6) is 1.27. The topological polar surface area (TPSA) is 49.9 Å². The molecular weight excluding hydrogens is 316 g/mol. The number of carbonyl (C=O) groups excluding carboxylic acids is 2. The third-order valence-electron chi connectivity index (χ3n) is 5.93. The number of carbonyl (C=O) groups is 2. The summed E-state index contributed by atoms with van der Waals surface area (Å²) in [7, 11) is 0. The van der Waals surface area contributed by atoms with Gasteiger partial charge in [0.05, 0.1) is 5.69 Å². The minimum Gasteiger partial charge on any atom is -0.479 e. The van der Waals surface area contributed by atoms with Crippen LogP contribution in [0.5, 0.6) is 5.75 Å². The van der Waals surface area contributed by atoms with E-state index >= 15 is 0 Å². The Labute approximate surface area is 148 Å². The van der Waals surface area contributed by atoms with Crippen molar-refractivity contribution in [1.29, 1.82) is 0 Å². The van der Waals surface area contributed by atoms with E-state index in [1.165, 1.54) is 25.7 Å². The quantitative estimate of drug-likeness (QED) is 0.830. The molecule has 2 heterocycles. The van der Waals surface area contributed by atoms with Crippen LogP contribution in [0.3, 0.4) is 0 Å². The Balaban J connectivity index is 1.54. The van der Waals surface area contributed by atoms with Crippen LogP contribution in [0.2, 0.25) is 0 Å². The molecule has 3 unspecified atom stereocenters. The van der Waals surface area contributed by atoms with Crippen LogP contribution in [0.15, 0.2) is 24.3 Å². The normalized spacial score (nSPS) is 28.8. The van der Waals surface area contributed by atoms with Gasteiger partial charge >= 0.3 is 0 Å². The molecule has 2 amide bonds. The van der Waals surface area contributed by atoms with E-state index < -0.39 is 6.10 Å². The number of nitrogens with zero attached hydrogens (tertiary/aromatic N) is 2. The van der Waals surface area contributed by atoms with Crippen LogP contribution in [0.1, 0.15) is 45.4 Å². The number of hydrogen-bond donors (Lipinski definition) is 0. The van der Waals surface area contributed by atoms with Crippen molar-refractivity contribution in [2.75, 3.05) is 18.0 Å². The minimum atomic E-state index is -0.550. The van der Waals surface area contributed by atoms with Gasteiger partial charge in [0.25, 0.3) is 5.91 Å². The number of amides is 2. The number of hydrogen-bond acceptors (Lipinski definition) is 3. The highest BCUT2D eigenvalue weighted by atomic mass is 16.5. The third kappa shape index (κ3) is 3.00. The molecule has 3 atom stereocenters. The van der Waals surface area contributed by atoms with E-state index in [-0.39, 0.29) is 18.4 Å². The third-order valence-corrected chi connectivity index (χ3v) is 5.93. The highest BCUT2D eigenvalue weighted by Gasteiger charge is 2.38. The molecule has 4 rings (SSSR count). The average Bonchev–Trinajstić information content (AvgIpc) is 2.64. The van der Waals surface area contributed by atoms with Crippen molar-refractivity contribution in [3.63, 3.8) is 0 Å². The predicted octanol–water partition coefficient (Wildman–Crippen LogP) is 2.98. The fourth-order valence-corrected chi connectivity index (χ4v) is 4.68. The Hall–Kier alpha value is -2.04. The van der Waals surface area contributed by atoms with Gasteiger partial charge in [-0.15, -0.1) is 0 Å². The monoisotopic (exact) mass is 342 g/mol. The molecule has 5 heteroatoms. The highest BCUT2D eigenvalue weighted by Crippen LogP contribution is 2.37. The minimum absolute atomic E-state index is 0.0776. The zero-order valence-electron chi connectivity index (χ0n) is 14.8. The van der Waals surface area contributed by atoms with Crippen LogP contribution < -0.4 is 9.64 Å². The van der Waals surface area contributed by atoms with Gasteiger partial charge in [-0.2, -0.15) is 0 Å². The Morgan fingerprint density at radius 3 is 2.80 bits per heavy atom. The van der Waals surface area contributed by atoms with Gasteiger partial charge in [0.2, 0.25) is 5.91 Å². The molecule has 2 fully saturated rings. The lowest BCUT2D eigenvalue weighted by Crippen LogP contribution is -2.55. The zero-order valence-corrected chi connectivity index (χ0v) is 14.8. The molecular formula is C20H26N2O3. The first-order chi connectivity index (χ1) is 12.1. The maximum atomic E-state index is 13.1. The van der Waals surface area contributed by atoms with E-state index in [1.54, 1.807) is 11.8 Å². The van der Waals surface area contributed by atoms with E-state index in [9.17, 15) is 9.59 Å². The summed E-state index contributed by atoms with van der Waals surface area (Å²) in [5.41, 5.74) is 0.705. The van der Waals surface area contributed by atoms with Gasteiger partial charge in [0, 0.05) is 12.6 Å². The molecule has 0 spiro atoms. The number of fused-ring (bicyclic) bond motifs is 2. The number of benzene rings is 1. The number of para-hydroxylation sites is 2. The van der Waals surface area contributed by atoms with Crippen LogP contribution in [-0.4, -0.2) is 41.9 Å². The van der Waals surface area contributed by atoms with Crippen molar-refractivity contribution in [3.8, 4) is 5.75 Å². The standard InChI is InChI=1S/C20H26N2O3/c1-14-20(24)22(17-10-4-5-11-18(17)25-14)13-19(23)21-12-6-8-15-7-2-3-9-16(15)21/h4-5,10-11,14-16H,2-3,6-9,12-13H2,1H3. The Bertz CT molecular complexity index is 673. The van der Waals surface area contributed by atoms with Crippen molar-refractivity contribution in [3.05, 3.63) is 24.3 Å². The van der Waals surface area contributed by atoms with Gasteiger partial charge in [0.1, 0.15) is 12.3 Å². The molecule has 1 aromatic carbocycles. The van der Waals surface area contributed by atoms with Crippen LogP contribution in [0, 0.1) is 5.92 Å². The van der Waals surface area contributed by atoms with Crippen LogP contribution in [-0.2, 0) is 9.59 Å². The highest BCUT2D eigenvalue weighted by molar-refractivity contribution is 6.03. The first kappa shape index (κ1) is 16.4. The van der Waals surface area contributed by atoms with Crippen molar-refractivity contribution in [2.24, 2.45) is 5.92 Å². The SMILES string of the molecule is CC1Oc2ccccc2N(CC(=O)N2CCCC3CCCCC32)C1=O. The van der Waals surface area contributed by atoms with E-state index in [4.69, 9.17) is 4.74 Å². The van der Waals surface area contributed by atoms with Gasteiger partial charge in [-0.1, -0.05) is 25.0 Å². The number of likely N-dealkylation sites (tertiary alicyclic amines) is 1. The van der Waals surface area contributed by atoms with Crippen molar-refractivity contribution in [1.82, 2.24) is 4.90 Å². The smallest absolute Gasteiger partial charge is 0.268 e. The molecule has 1 aliphatic carbocycles. The number of rotatable bonds is 2. The second-order valence-corrected chi connectivity index (χ2v) is 7.49. The maximum absolute atomic E-state index is 13.1. The molecule has 25 heavy (non-hydrogen) atoms. The number of ether oxygens (including phenoxy) is 1. The lowest BCUT2D eigenvalue weighted by atomic mass is 9.78. The average molecular weight is 342 g/mol. The summed E-state index contributed by atoms with van der Waals surface area (Å²) in [4.78, 5) is 29.4. The van der Waals surface area contributed by atoms with Gasteiger partial charge < -0.3 is 9.64 Å². The van der Waals surface area contributed by atoms with Crippen molar-refractivity contribution >= 4 is 17.5 Å². The van der Waals surface area contributed by atoms with Gasteiger partial charge in [-0.25, -0.2) is 0 Å². The first-order valence-corrected chi connectivity index (χ1v) is 9.51. The molecule has 1 aromatic rings. The van der Waals surface area contributed by atoms with Gasteiger partial charge in [-0.3, -0.25) is 14.5 Å². The molecule has 2 aliphatic heterocycles. The van der Waals surface area contributed by atoms with Crippen molar-refractivity contribution in [2.45, 2.75) is 57.6 Å². The fourth-order valence-electron chi connectivity index (χ4n) is 4.68. The maximum Gasteiger partial charge on any atom is 0.268 e. The molecule has 0 aromatic heterocycles. The Kier molecular flexibility index (Phi) is 4.40. The van der Waals surface area contributed by atoms with Gasteiger partial charge in [-0.05, 0) is 50.7 Å². The lowest BCUT2D eigenvalue weighted by Gasteiger charge is -2.45. The molecule has 1 saturated heterocycles.